The van der Waals surface area contributed by atoms with Crippen LogP contribution in [0, 0.1) is 0 Å². The fourth-order valence-corrected chi connectivity index (χ4v) is 3.06. The van der Waals surface area contributed by atoms with Crippen LogP contribution < -0.4 is 30.2 Å². The predicted octanol–water partition coefficient (Wildman–Crippen LogP) is 2.73. The summed E-state index contributed by atoms with van der Waals surface area (Å²) in [5.41, 5.74) is 1.66. The van der Waals surface area contributed by atoms with Crippen LogP contribution in [0.15, 0.2) is 60.9 Å². The van der Waals surface area contributed by atoms with Gasteiger partial charge in [0.15, 0.2) is 11.5 Å². The molecular weight excluding hydrogens is 440 g/mol. The second-order valence-corrected chi connectivity index (χ2v) is 6.92. The van der Waals surface area contributed by atoms with Crippen LogP contribution in [0.3, 0.4) is 0 Å². The van der Waals surface area contributed by atoms with E-state index in [-0.39, 0.29) is 18.0 Å². The largest absolute Gasteiger partial charge is 0.493 e. The molecule has 0 bridgehead atoms. The molecule has 0 aliphatic rings. The predicted molar refractivity (Wildman–Crippen MR) is 126 cm³/mol. The van der Waals surface area contributed by atoms with Gasteiger partial charge < -0.3 is 30.2 Å². The molecule has 0 spiro atoms. The molecule has 1 aromatic heterocycles. The van der Waals surface area contributed by atoms with Crippen molar-refractivity contribution in [3.8, 4) is 17.2 Å². The number of benzene rings is 2. The number of aromatic nitrogens is 1. The van der Waals surface area contributed by atoms with Crippen molar-refractivity contribution >= 4 is 29.1 Å². The lowest BCUT2D eigenvalue weighted by molar-refractivity contribution is -0.115. The molecule has 2 aromatic carbocycles. The summed E-state index contributed by atoms with van der Waals surface area (Å²) < 4.78 is 15.7. The maximum atomic E-state index is 12.6. The SMILES string of the molecule is COc1cc(C(=O)NCC(=O)Nc2cccc(NC(=O)c3ccncc3)c2)cc(OC)c1OC. The number of hydrogen-bond acceptors (Lipinski definition) is 7. The molecular formula is C24H24N4O6. The molecule has 0 fully saturated rings. The number of hydrogen-bond donors (Lipinski definition) is 3. The van der Waals surface area contributed by atoms with Crippen molar-refractivity contribution in [2.45, 2.75) is 0 Å². The molecule has 0 aliphatic carbocycles. The van der Waals surface area contributed by atoms with Crippen LogP contribution in [0.2, 0.25) is 0 Å². The van der Waals surface area contributed by atoms with Gasteiger partial charge in [-0.15, -0.1) is 0 Å². The van der Waals surface area contributed by atoms with Crippen molar-refractivity contribution in [1.82, 2.24) is 10.3 Å². The first-order valence-electron chi connectivity index (χ1n) is 10.1. The quantitative estimate of drug-likeness (QED) is 0.444. The fourth-order valence-electron chi connectivity index (χ4n) is 3.06. The lowest BCUT2D eigenvalue weighted by Gasteiger charge is -2.14. The summed E-state index contributed by atoms with van der Waals surface area (Å²) >= 11 is 0. The number of ether oxygens (including phenoxy) is 3. The minimum atomic E-state index is -0.493. The molecule has 3 aromatic rings. The number of carbonyl (C=O) groups excluding carboxylic acids is 3. The zero-order valence-electron chi connectivity index (χ0n) is 18.9. The lowest BCUT2D eigenvalue weighted by atomic mass is 10.1. The van der Waals surface area contributed by atoms with E-state index in [1.54, 1.807) is 36.4 Å². The molecule has 10 nitrogen and oxygen atoms in total. The second kappa shape index (κ2) is 11.3. The summed E-state index contributed by atoms with van der Waals surface area (Å²) in [5.74, 6) is -0.242. The van der Waals surface area contributed by atoms with Gasteiger partial charge >= 0.3 is 0 Å². The number of amides is 3. The molecule has 10 heteroatoms. The Bertz CT molecular complexity index is 1160. The zero-order valence-corrected chi connectivity index (χ0v) is 18.9. The van der Waals surface area contributed by atoms with Crippen molar-refractivity contribution < 1.29 is 28.6 Å². The van der Waals surface area contributed by atoms with Crippen LogP contribution in [-0.4, -0.2) is 50.6 Å². The van der Waals surface area contributed by atoms with Gasteiger partial charge in [-0.25, -0.2) is 0 Å². The molecule has 3 N–H and O–H groups in total. The van der Waals surface area contributed by atoms with Gasteiger partial charge in [0.2, 0.25) is 11.7 Å². The van der Waals surface area contributed by atoms with E-state index >= 15 is 0 Å². The van der Waals surface area contributed by atoms with Gasteiger partial charge in [0.1, 0.15) is 0 Å². The molecule has 3 amide bonds. The van der Waals surface area contributed by atoms with Crippen LogP contribution in [0.1, 0.15) is 20.7 Å². The van der Waals surface area contributed by atoms with Gasteiger partial charge in [-0.05, 0) is 42.5 Å². The highest BCUT2D eigenvalue weighted by Crippen LogP contribution is 2.38. The van der Waals surface area contributed by atoms with Crippen LogP contribution in [0.25, 0.3) is 0 Å². The van der Waals surface area contributed by atoms with Gasteiger partial charge in [-0.1, -0.05) is 6.07 Å². The number of rotatable bonds is 9. The molecule has 3 rings (SSSR count). The maximum absolute atomic E-state index is 12.6. The fraction of sp³-hybridized carbons (Fsp3) is 0.167. The number of nitrogens with zero attached hydrogens (tertiary/aromatic N) is 1. The molecule has 176 valence electrons. The minimum Gasteiger partial charge on any atom is -0.493 e. The normalized spacial score (nSPS) is 10.1. The highest BCUT2D eigenvalue weighted by Gasteiger charge is 2.17. The van der Waals surface area contributed by atoms with E-state index in [0.717, 1.165) is 0 Å². The van der Waals surface area contributed by atoms with Crippen LogP contribution in [0.5, 0.6) is 17.2 Å². The number of pyridine rings is 1. The topological polar surface area (TPSA) is 128 Å². The van der Waals surface area contributed by atoms with Crippen molar-refractivity contribution in [2.24, 2.45) is 0 Å². The Labute approximate surface area is 196 Å². The maximum Gasteiger partial charge on any atom is 0.255 e. The van der Waals surface area contributed by atoms with Crippen LogP contribution in [0.4, 0.5) is 11.4 Å². The third-order valence-electron chi connectivity index (χ3n) is 4.68. The average Bonchev–Trinajstić information content (AvgIpc) is 2.86. The van der Waals surface area contributed by atoms with E-state index in [1.165, 1.54) is 45.9 Å². The van der Waals surface area contributed by atoms with Gasteiger partial charge in [0.05, 0.1) is 27.9 Å². The highest BCUT2D eigenvalue weighted by molar-refractivity contribution is 6.05. The summed E-state index contributed by atoms with van der Waals surface area (Å²) in [5, 5.41) is 7.98. The van der Waals surface area contributed by atoms with E-state index in [4.69, 9.17) is 14.2 Å². The lowest BCUT2D eigenvalue weighted by Crippen LogP contribution is -2.32. The number of carbonyl (C=O) groups is 3. The number of methoxy groups -OCH3 is 3. The molecule has 0 unspecified atom stereocenters. The Kier molecular flexibility index (Phi) is 8.01. The van der Waals surface area contributed by atoms with Crippen molar-refractivity contribution in [2.75, 3.05) is 38.5 Å². The van der Waals surface area contributed by atoms with Gasteiger partial charge in [0, 0.05) is 34.9 Å². The second-order valence-electron chi connectivity index (χ2n) is 6.92. The highest BCUT2D eigenvalue weighted by atomic mass is 16.5. The number of anilines is 2. The van der Waals surface area contributed by atoms with Crippen LogP contribution >= 0.6 is 0 Å². The first-order valence-corrected chi connectivity index (χ1v) is 10.1. The molecule has 0 aliphatic heterocycles. The van der Waals surface area contributed by atoms with Crippen molar-refractivity contribution in [3.63, 3.8) is 0 Å². The zero-order chi connectivity index (χ0) is 24.5. The summed E-state index contributed by atoms with van der Waals surface area (Å²) in [4.78, 5) is 41.1. The Morgan fingerprint density at radius 3 is 1.97 bits per heavy atom. The Balaban J connectivity index is 1.59. The Morgan fingerprint density at radius 1 is 0.765 bits per heavy atom. The number of nitrogens with one attached hydrogen (secondary N) is 3. The van der Waals surface area contributed by atoms with Gasteiger partial charge in [-0.3, -0.25) is 19.4 Å². The molecule has 0 saturated carbocycles. The van der Waals surface area contributed by atoms with E-state index < -0.39 is 11.8 Å². The summed E-state index contributed by atoms with van der Waals surface area (Å²) in [6.07, 6.45) is 3.05. The molecule has 0 radical (unpaired) electrons. The van der Waals surface area contributed by atoms with E-state index in [9.17, 15) is 14.4 Å². The minimum absolute atomic E-state index is 0.239. The van der Waals surface area contributed by atoms with Gasteiger partial charge in [0.25, 0.3) is 11.8 Å². The molecule has 0 saturated heterocycles. The first-order chi connectivity index (χ1) is 16.4. The Hall–Kier alpha value is -4.60. The third kappa shape index (κ3) is 6.00. The molecule has 1 heterocycles. The summed E-state index contributed by atoms with van der Waals surface area (Å²) in [7, 11) is 4.35. The van der Waals surface area contributed by atoms with E-state index in [0.29, 0.717) is 34.2 Å². The van der Waals surface area contributed by atoms with Crippen LogP contribution in [-0.2, 0) is 4.79 Å². The third-order valence-corrected chi connectivity index (χ3v) is 4.68. The summed E-state index contributed by atoms with van der Waals surface area (Å²) in [6, 6.07) is 12.8. The molecule has 34 heavy (non-hydrogen) atoms. The van der Waals surface area contributed by atoms with E-state index in [2.05, 4.69) is 20.9 Å². The monoisotopic (exact) mass is 464 g/mol. The average molecular weight is 464 g/mol. The smallest absolute Gasteiger partial charge is 0.255 e. The van der Waals surface area contributed by atoms with Crippen molar-refractivity contribution in [1.29, 1.82) is 0 Å². The Morgan fingerprint density at radius 2 is 1.38 bits per heavy atom. The summed E-state index contributed by atoms with van der Waals surface area (Å²) in [6.45, 7) is -0.275. The van der Waals surface area contributed by atoms with Gasteiger partial charge in [-0.2, -0.15) is 0 Å². The standard InChI is InChI=1S/C24H24N4O6/c1-32-19-11-16(12-20(33-2)22(19)34-3)23(30)26-14-21(29)27-17-5-4-6-18(13-17)28-24(31)15-7-9-25-10-8-15/h4-13H,14H2,1-3H3,(H,26,30)(H,27,29)(H,28,31). The van der Waals surface area contributed by atoms with Crippen molar-refractivity contribution in [3.05, 3.63) is 72.1 Å². The first kappa shape index (κ1) is 24.1. The van der Waals surface area contributed by atoms with E-state index in [1.807, 2.05) is 0 Å². The molecule has 0 atom stereocenters.